The van der Waals surface area contributed by atoms with Gasteiger partial charge in [0.05, 0.1) is 18.7 Å². The number of hydrogen-bond acceptors (Lipinski definition) is 3. The number of aliphatic imine (C=N–C) groups is 1. The van der Waals surface area contributed by atoms with Crippen molar-refractivity contribution < 1.29 is 9.47 Å². The number of benzene rings is 1. The summed E-state index contributed by atoms with van der Waals surface area (Å²) in [5.74, 6) is 1.32. The van der Waals surface area contributed by atoms with Crippen LogP contribution in [0.15, 0.2) is 23.2 Å². The van der Waals surface area contributed by atoms with Crippen molar-refractivity contribution in [1.82, 2.24) is 0 Å². The Hall–Kier alpha value is -1.22. The van der Waals surface area contributed by atoms with Gasteiger partial charge in [0.1, 0.15) is 12.4 Å². The molecule has 4 heteroatoms. The molecule has 1 aliphatic heterocycles. The average molecular weight is 212 g/mol. The summed E-state index contributed by atoms with van der Waals surface area (Å²) in [5, 5.41) is 0.572. The van der Waals surface area contributed by atoms with Crippen LogP contribution in [0.4, 0.5) is 0 Å². The maximum absolute atomic E-state index is 5.97. The molecule has 0 unspecified atom stereocenters. The molecule has 3 nitrogen and oxygen atoms in total. The van der Waals surface area contributed by atoms with Crippen molar-refractivity contribution >= 4 is 17.5 Å². The van der Waals surface area contributed by atoms with E-state index in [-0.39, 0.29) is 0 Å². The molecule has 0 aromatic heterocycles. The molecule has 0 saturated heterocycles. The molecule has 2 rings (SSSR count). The molecule has 74 valence electrons. The Kier molecular flexibility index (Phi) is 2.59. The summed E-state index contributed by atoms with van der Waals surface area (Å²) in [4.78, 5) is 4.20. The Morgan fingerprint density at radius 3 is 2.93 bits per heavy atom. The number of methoxy groups -OCH3 is 1. The van der Waals surface area contributed by atoms with Crippen molar-refractivity contribution in [3.05, 3.63) is 28.8 Å². The van der Waals surface area contributed by atoms with Crippen molar-refractivity contribution in [2.75, 3.05) is 20.3 Å². The van der Waals surface area contributed by atoms with Gasteiger partial charge in [0, 0.05) is 5.56 Å². The lowest BCUT2D eigenvalue weighted by Gasteiger charge is -2.05. The molecule has 1 aromatic carbocycles. The third kappa shape index (κ3) is 1.68. The fraction of sp³-hybridized carbons (Fsp3) is 0.300. The van der Waals surface area contributed by atoms with Gasteiger partial charge in [-0.25, -0.2) is 4.99 Å². The quantitative estimate of drug-likeness (QED) is 0.751. The topological polar surface area (TPSA) is 30.8 Å². The lowest BCUT2D eigenvalue weighted by Crippen LogP contribution is -2.01. The minimum absolute atomic E-state index is 0.572. The summed E-state index contributed by atoms with van der Waals surface area (Å²) in [7, 11) is 1.59. The highest BCUT2D eigenvalue weighted by atomic mass is 35.5. The van der Waals surface area contributed by atoms with Gasteiger partial charge in [-0.3, -0.25) is 0 Å². The Bertz CT molecular complexity index is 376. The van der Waals surface area contributed by atoms with E-state index in [4.69, 9.17) is 21.1 Å². The molecule has 0 spiro atoms. The predicted molar refractivity (Wildman–Crippen MR) is 55.4 cm³/mol. The van der Waals surface area contributed by atoms with Crippen LogP contribution >= 0.6 is 11.6 Å². The normalized spacial score (nSPS) is 14.9. The lowest BCUT2D eigenvalue weighted by atomic mass is 10.2. The summed E-state index contributed by atoms with van der Waals surface area (Å²) >= 11 is 5.97. The number of hydrogen-bond donors (Lipinski definition) is 0. The molecule has 1 heterocycles. The van der Waals surface area contributed by atoms with E-state index in [0.717, 1.165) is 12.1 Å². The van der Waals surface area contributed by atoms with Gasteiger partial charge < -0.3 is 9.47 Å². The Labute approximate surface area is 87.3 Å². The molecule has 1 aromatic rings. The summed E-state index contributed by atoms with van der Waals surface area (Å²) in [6, 6.07) is 5.49. The molecule has 1 aliphatic rings. The van der Waals surface area contributed by atoms with Crippen LogP contribution in [0.2, 0.25) is 5.02 Å². The van der Waals surface area contributed by atoms with Gasteiger partial charge >= 0.3 is 0 Å². The van der Waals surface area contributed by atoms with Gasteiger partial charge in [-0.05, 0) is 18.2 Å². The van der Waals surface area contributed by atoms with Gasteiger partial charge in [0.2, 0.25) is 5.90 Å². The van der Waals surface area contributed by atoms with Gasteiger partial charge in [0.15, 0.2) is 0 Å². The maximum Gasteiger partial charge on any atom is 0.216 e. The lowest BCUT2D eigenvalue weighted by molar-refractivity contribution is 0.348. The second-order valence-electron chi connectivity index (χ2n) is 2.88. The van der Waals surface area contributed by atoms with E-state index in [0.29, 0.717) is 23.3 Å². The van der Waals surface area contributed by atoms with Gasteiger partial charge in [-0.1, -0.05) is 11.6 Å². The fourth-order valence-corrected chi connectivity index (χ4v) is 1.57. The van der Waals surface area contributed by atoms with Crippen molar-refractivity contribution in [2.24, 2.45) is 4.99 Å². The van der Waals surface area contributed by atoms with Crippen molar-refractivity contribution in [3.63, 3.8) is 0 Å². The molecule has 0 amide bonds. The minimum Gasteiger partial charge on any atom is -0.495 e. The third-order valence-electron chi connectivity index (χ3n) is 1.98. The molecular weight excluding hydrogens is 202 g/mol. The number of nitrogens with zero attached hydrogens (tertiary/aromatic N) is 1. The first kappa shape index (κ1) is 9.34. The van der Waals surface area contributed by atoms with E-state index >= 15 is 0 Å². The minimum atomic E-state index is 0.572. The molecule has 0 bridgehead atoms. The van der Waals surface area contributed by atoms with E-state index in [1.54, 1.807) is 13.2 Å². The van der Waals surface area contributed by atoms with Gasteiger partial charge in [-0.15, -0.1) is 0 Å². The van der Waals surface area contributed by atoms with E-state index in [2.05, 4.69) is 4.99 Å². The fourth-order valence-electron chi connectivity index (χ4n) is 1.31. The van der Waals surface area contributed by atoms with Crippen molar-refractivity contribution in [3.8, 4) is 5.75 Å². The first-order chi connectivity index (χ1) is 6.81. The number of rotatable bonds is 2. The predicted octanol–water partition coefficient (Wildman–Crippen LogP) is 2.13. The van der Waals surface area contributed by atoms with Crippen LogP contribution < -0.4 is 4.74 Å². The highest BCUT2D eigenvalue weighted by Gasteiger charge is 2.11. The average Bonchev–Trinajstić information content (AvgIpc) is 2.70. The Morgan fingerprint density at radius 2 is 2.36 bits per heavy atom. The third-order valence-corrected chi connectivity index (χ3v) is 2.28. The van der Waals surface area contributed by atoms with Crippen LogP contribution in [0.1, 0.15) is 5.56 Å². The number of halogens is 1. The molecule has 0 saturated carbocycles. The summed E-state index contributed by atoms with van der Waals surface area (Å²) in [6.45, 7) is 1.37. The summed E-state index contributed by atoms with van der Waals surface area (Å²) in [6.07, 6.45) is 0. The smallest absolute Gasteiger partial charge is 0.216 e. The molecule has 0 aliphatic carbocycles. The zero-order valence-electron chi connectivity index (χ0n) is 7.79. The van der Waals surface area contributed by atoms with Crippen LogP contribution in [0.5, 0.6) is 5.75 Å². The van der Waals surface area contributed by atoms with Crippen LogP contribution in [0, 0.1) is 0 Å². The first-order valence-corrected chi connectivity index (χ1v) is 4.70. The Morgan fingerprint density at radius 1 is 1.50 bits per heavy atom. The van der Waals surface area contributed by atoms with Crippen LogP contribution in [0.25, 0.3) is 0 Å². The summed E-state index contributed by atoms with van der Waals surface area (Å²) in [5.41, 5.74) is 0.897. The largest absolute Gasteiger partial charge is 0.495 e. The highest BCUT2D eigenvalue weighted by molar-refractivity contribution is 6.32. The van der Waals surface area contributed by atoms with Crippen LogP contribution in [-0.4, -0.2) is 26.2 Å². The van der Waals surface area contributed by atoms with Crippen molar-refractivity contribution in [1.29, 1.82) is 0 Å². The van der Waals surface area contributed by atoms with Crippen LogP contribution in [0.3, 0.4) is 0 Å². The zero-order chi connectivity index (χ0) is 9.97. The van der Waals surface area contributed by atoms with Crippen LogP contribution in [-0.2, 0) is 4.74 Å². The molecule has 0 fully saturated rings. The summed E-state index contributed by atoms with van der Waals surface area (Å²) < 4.78 is 10.4. The maximum atomic E-state index is 5.97. The molecule has 0 N–H and O–H groups in total. The molecular formula is C10H10ClNO2. The zero-order valence-corrected chi connectivity index (χ0v) is 8.54. The van der Waals surface area contributed by atoms with Crippen molar-refractivity contribution in [2.45, 2.75) is 0 Å². The number of ether oxygens (including phenoxy) is 2. The molecule has 0 atom stereocenters. The van der Waals surface area contributed by atoms with E-state index in [9.17, 15) is 0 Å². The Balaban J connectivity index is 2.32. The van der Waals surface area contributed by atoms with E-state index < -0.39 is 0 Å². The SMILES string of the molecule is COc1ccc(C2=NCCO2)cc1Cl. The second kappa shape index (κ2) is 3.88. The monoisotopic (exact) mass is 211 g/mol. The van der Waals surface area contributed by atoms with E-state index in [1.807, 2.05) is 12.1 Å². The highest BCUT2D eigenvalue weighted by Crippen LogP contribution is 2.25. The standard InChI is InChI=1S/C10H10ClNO2/c1-13-9-3-2-7(6-8(9)11)10-12-4-5-14-10/h2-3,6H,4-5H2,1H3. The van der Waals surface area contributed by atoms with Gasteiger partial charge in [0.25, 0.3) is 0 Å². The van der Waals surface area contributed by atoms with Gasteiger partial charge in [-0.2, -0.15) is 0 Å². The second-order valence-corrected chi connectivity index (χ2v) is 3.29. The molecule has 0 radical (unpaired) electrons. The first-order valence-electron chi connectivity index (χ1n) is 4.32. The van der Waals surface area contributed by atoms with E-state index in [1.165, 1.54) is 0 Å². The molecule has 14 heavy (non-hydrogen) atoms.